The first-order valence-electron chi connectivity index (χ1n) is 7.30. The van der Waals surface area contributed by atoms with Crippen molar-refractivity contribution < 1.29 is 19.4 Å². The minimum atomic E-state index is -0.872. The van der Waals surface area contributed by atoms with Crippen LogP contribution in [-0.4, -0.2) is 31.3 Å². The number of nitrogens with two attached hydrogens (primary N) is 1. The number of carboxylic acids is 1. The van der Waals surface area contributed by atoms with Gasteiger partial charge in [0.05, 0.1) is 19.1 Å². The zero-order valence-corrected chi connectivity index (χ0v) is 12.4. The highest BCUT2D eigenvalue weighted by molar-refractivity contribution is 5.75. The zero-order chi connectivity index (χ0) is 15.3. The average molecular weight is 293 g/mol. The first-order chi connectivity index (χ1) is 10.1. The fourth-order valence-electron chi connectivity index (χ4n) is 2.54. The standard InChI is InChI=1S/C16H23NO4/c1-20-13-4-2-3-5-14(13)21-9-8-16(11-17,15(18)19)10-12-6-7-12/h2-5,12H,6-11,17H2,1H3,(H,18,19). The summed E-state index contributed by atoms with van der Waals surface area (Å²) in [6.45, 7) is 0.463. The summed E-state index contributed by atoms with van der Waals surface area (Å²) in [7, 11) is 1.58. The quantitative estimate of drug-likeness (QED) is 0.730. The molecule has 2 rings (SSSR count). The monoisotopic (exact) mass is 293 g/mol. The number of carbonyl (C=O) groups is 1. The highest BCUT2D eigenvalue weighted by Gasteiger charge is 2.42. The Morgan fingerprint density at radius 1 is 1.38 bits per heavy atom. The molecule has 0 amide bonds. The number of ether oxygens (including phenoxy) is 2. The van der Waals surface area contributed by atoms with Crippen molar-refractivity contribution in [3.63, 3.8) is 0 Å². The predicted octanol–water partition coefficient (Wildman–Crippen LogP) is 2.29. The van der Waals surface area contributed by atoms with E-state index in [0.717, 1.165) is 12.8 Å². The minimum absolute atomic E-state index is 0.147. The molecule has 3 N–H and O–H groups in total. The van der Waals surface area contributed by atoms with Crippen molar-refractivity contribution in [2.75, 3.05) is 20.3 Å². The third kappa shape index (κ3) is 3.88. The molecule has 1 unspecified atom stereocenters. The predicted molar refractivity (Wildman–Crippen MR) is 79.6 cm³/mol. The van der Waals surface area contributed by atoms with Gasteiger partial charge < -0.3 is 20.3 Å². The molecule has 0 bridgehead atoms. The lowest BCUT2D eigenvalue weighted by Crippen LogP contribution is -2.40. The molecule has 1 aromatic carbocycles. The van der Waals surface area contributed by atoms with E-state index in [-0.39, 0.29) is 6.54 Å². The SMILES string of the molecule is COc1ccccc1OCCC(CN)(CC1CC1)C(=O)O. The molecular formula is C16H23NO4. The molecule has 5 nitrogen and oxygen atoms in total. The number of benzene rings is 1. The van der Waals surface area contributed by atoms with Gasteiger partial charge in [0.15, 0.2) is 11.5 Å². The maximum atomic E-state index is 11.6. The second-order valence-corrected chi connectivity index (χ2v) is 5.69. The number of para-hydroxylation sites is 2. The number of aliphatic carboxylic acids is 1. The molecule has 0 saturated heterocycles. The van der Waals surface area contributed by atoms with Crippen LogP contribution in [0.4, 0.5) is 0 Å². The van der Waals surface area contributed by atoms with Gasteiger partial charge in [0.2, 0.25) is 0 Å². The Hall–Kier alpha value is -1.75. The average Bonchev–Trinajstić information content (AvgIpc) is 3.30. The van der Waals surface area contributed by atoms with Gasteiger partial charge in [0.1, 0.15) is 0 Å². The molecule has 0 spiro atoms. The summed E-state index contributed by atoms with van der Waals surface area (Å²) in [5, 5.41) is 9.54. The Morgan fingerprint density at radius 3 is 2.57 bits per heavy atom. The van der Waals surface area contributed by atoms with E-state index in [2.05, 4.69) is 0 Å². The van der Waals surface area contributed by atoms with Crippen molar-refractivity contribution in [1.82, 2.24) is 0 Å². The molecule has 1 aromatic rings. The van der Waals surface area contributed by atoms with Crippen molar-refractivity contribution in [3.8, 4) is 11.5 Å². The van der Waals surface area contributed by atoms with E-state index in [9.17, 15) is 9.90 Å². The van der Waals surface area contributed by atoms with Gasteiger partial charge in [-0.15, -0.1) is 0 Å². The second kappa shape index (κ2) is 6.80. The largest absolute Gasteiger partial charge is 0.493 e. The molecule has 1 fully saturated rings. The van der Waals surface area contributed by atoms with Crippen LogP contribution in [0.5, 0.6) is 11.5 Å². The van der Waals surface area contributed by atoms with Gasteiger partial charge in [-0.05, 0) is 30.9 Å². The van der Waals surface area contributed by atoms with Crippen LogP contribution in [-0.2, 0) is 4.79 Å². The third-order valence-corrected chi connectivity index (χ3v) is 4.13. The summed E-state index contributed by atoms with van der Waals surface area (Å²) in [5.41, 5.74) is 4.89. The Morgan fingerprint density at radius 2 is 2.05 bits per heavy atom. The summed E-state index contributed by atoms with van der Waals surface area (Å²) < 4.78 is 10.9. The van der Waals surface area contributed by atoms with Crippen molar-refractivity contribution in [1.29, 1.82) is 0 Å². The molecule has 21 heavy (non-hydrogen) atoms. The maximum Gasteiger partial charge on any atom is 0.311 e. The van der Waals surface area contributed by atoms with Crippen molar-refractivity contribution in [2.24, 2.45) is 17.1 Å². The summed E-state index contributed by atoms with van der Waals surface area (Å²) in [6, 6.07) is 7.34. The maximum absolute atomic E-state index is 11.6. The molecular weight excluding hydrogens is 270 g/mol. The molecule has 116 valence electrons. The van der Waals surface area contributed by atoms with Crippen LogP contribution >= 0.6 is 0 Å². The molecule has 0 aromatic heterocycles. The molecule has 1 saturated carbocycles. The van der Waals surface area contributed by atoms with Crippen molar-refractivity contribution in [3.05, 3.63) is 24.3 Å². The van der Waals surface area contributed by atoms with Crippen LogP contribution in [0.25, 0.3) is 0 Å². The summed E-state index contributed by atoms with van der Waals surface area (Å²) in [4.78, 5) is 11.6. The number of methoxy groups -OCH3 is 1. The molecule has 1 aliphatic rings. The van der Waals surface area contributed by atoms with Gasteiger partial charge in [-0.2, -0.15) is 0 Å². The Kier molecular flexibility index (Phi) is 5.07. The highest BCUT2D eigenvalue weighted by Crippen LogP contribution is 2.42. The fourth-order valence-corrected chi connectivity index (χ4v) is 2.54. The molecule has 1 aliphatic carbocycles. The van der Waals surface area contributed by atoms with Crippen LogP contribution in [0, 0.1) is 11.3 Å². The highest BCUT2D eigenvalue weighted by atomic mass is 16.5. The molecule has 0 heterocycles. The molecule has 1 atom stereocenters. The van der Waals surface area contributed by atoms with E-state index in [1.54, 1.807) is 7.11 Å². The van der Waals surface area contributed by atoms with E-state index in [0.29, 0.717) is 36.9 Å². The smallest absolute Gasteiger partial charge is 0.311 e. The van der Waals surface area contributed by atoms with Gasteiger partial charge in [-0.3, -0.25) is 4.79 Å². The van der Waals surface area contributed by atoms with Gasteiger partial charge in [0, 0.05) is 6.54 Å². The summed E-state index contributed by atoms with van der Waals surface area (Å²) >= 11 is 0. The molecule has 0 aliphatic heterocycles. The minimum Gasteiger partial charge on any atom is -0.493 e. The lowest BCUT2D eigenvalue weighted by Gasteiger charge is -2.28. The van der Waals surface area contributed by atoms with Crippen LogP contribution in [0.2, 0.25) is 0 Å². The summed E-state index contributed by atoms with van der Waals surface area (Å²) in [6.07, 6.45) is 3.28. The van der Waals surface area contributed by atoms with Crippen LogP contribution < -0.4 is 15.2 Å². The van der Waals surface area contributed by atoms with Gasteiger partial charge >= 0.3 is 5.97 Å². The van der Waals surface area contributed by atoms with E-state index < -0.39 is 11.4 Å². The first kappa shape index (κ1) is 15.6. The lowest BCUT2D eigenvalue weighted by molar-refractivity contribution is -0.150. The topological polar surface area (TPSA) is 81.8 Å². The molecule has 0 radical (unpaired) electrons. The van der Waals surface area contributed by atoms with E-state index >= 15 is 0 Å². The Balaban J connectivity index is 1.96. The van der Waals surface area contributed by atoms with Gasteiger partial charge in [-0.1, -0.05) is 25.0 Å². The number of carboxylic acid groups (broad SMARTS) is 1. The second-order valence-electron chi connectivity index (χ2n) is 5.69. The van der Waals surface area contributed by atoms with Crippen molar-refractivity contribution >= 4 is 5.97 Å². The first-order valence-corrected chi connectivity index (χ1v) is 7.30. The Labute approximate surface area is 125 Å². The van der Waals surface area contributed by atoms with Crippen LogP contribution in [0.3, 0.4) is 0 Å². The zero-order valence-electron chi connectivity index (χ0n) is 12.4. The number of hydrogen-bond donors (Lipinski definition) is 2. The third-order valence-electron chi connectivity index (χ3n) is 4.13. The summed E-state index contributed by atoms with van der Waals surface area (Å²) in [5.74, 6) is 0.965. The van der Waals surface area contributed by atoms with E-state index in [1.807, 2.05) is 24.3 Å². The van der Waals surface area contributed by atoms with E-state index in [4.69, 9.17) is 15.2 Å². The van der Waals surface area contributed by atoms with Crippen LogP contribution in [0.15, 0.2) is 24.3 Å². The lowest BCUT2D eigenvalue weighted by atomic mass is 9.79. The van der Waals surface area contributed by atoms with E-state index in [1.165, 1.54) is 0 Å². The van der Waals surface area contributed by atoms with Gasteiger partial charge in [-0.25, -0.2) is 0 Å². The number of hydrogen-bond acceptors (Lipinski definition) is 4. The Bertz CT molecular complexity index is 487. The van der Waals surface area contributed by atoms with Crippen molar-refractivity contribution in [2.45, 2.75) is 25.7 Å². The number of rotatable bonds is 9. The van der Waals surface area contributed by atoms with Crippen LogP contribution in [0.1, 0.15) is 25.7 Å². The molecule has 5 heteroatoms. The van der Waals surface area contributed by atoms with Gasteiger partial charge in [0.25, 0.3) is 0 Å². The fraction of sp³-hybridized carbons (Fsp3) is 0.562. The normalized spacial score (nSPS) is 17.0.